The number of carbonyl (C=O) groups excluding carboxylic acids is 1. The summed E-state index contributed by atoms with van der Waals surface area (Å²) in [6.45, 7) is 0.702. The number of hydrogen-bond acceptors (Lipinski definition) is 1. The first kappa shape index (κ1) is 15.3. The van der Waals surface area contributed by atoms with Crippen molar-refractivity contribution >= 4 is 44.2 Å². The molecule has 2 rings (SSSR count). The number of fused-ring (bicyclic) bond motifs is 1. The summed E-state index contributed by atoms with van der Waals surface area (Å²) in [5.41, 5.74) is 0.706. The molecule has 106 valence electrons. The van der Waals surface area contributed by atoms with E-state index < -0.39 is 0 Å². The smallest absolute Gasteiger partial charge is 0.251 e. The van der Waals surface area contributed by atoms with Gasteiger partial charge in [-0.3, -0.25) is 4.79 Å². The molecule has 0 fully saturated rings. The molecule has 0 saturated carbocycles. The highest BCUT2D eigenvalue weighted by atomic mass is 79.9. The van der Waals surface area contributed by atoms with Gasteiger partial charge in [0.15, 0.2) is 0 Å². The lowest BCUT2D eigenvalue weighted by Crippen LogP contribution is -2.24. The second kappa shape index (κ2) is 7.65. The highest BCUT2D eigenvalue weighted by Gasteiger charge is 2.05. The lowest BCUT2D eigenvalue weighted by atomic mass is 10.1. The van der Waals surface area contributed by atoms with Crippen LogP contribution in [0.1, 0.15) is 29.6 Å². The van der Waals surface area contributed by atoms with Gasteiger partial charge in [0, 0.05) is 22.5 Å². The molecule has 1 amide bonds. The molecule has 0 aliphatic rings. The Labute approximate surface area is 132 Å². The first-order valence-corrected chi connectivity index (χ1v) is 8.07. The minimum absolute atomic E-state index is 0.0132. The van der Waals surface area contributed by atoms with Gasteiger partial charge in [-0.05, 0) is 47.9 Å². The third-order valence-corrected chi connectivity index (χ3v) is 3.92. The molecule has 0 aliphatic carbocycles. The molecule has 0 spiro atoms. The number of benzene rings is 2. The van der Waals surface area contributed by atoms with Gasteiger partial charge in [0.2, 0.25) is 0 Å². The van der Waals surface area contributed by atoms with E-state index in [4.69, 9.17) is 11.6 Å². The summed E-state index contributed by atoms with van der Waals surface area (Å²) in [5, 5.41) is 5.14. The first-order valence-electron chi connectivity index (χ1n) is 6.74. The van der Waals surface area contributed by atoms with Crippen molar-refractivity contribution in [2.45, 2.75) is 19.3 Å². The maximum atomic E-state index is 12.0. The normalized spacial score (nSPS) is 10.7. The maximum Gasteiger partial charge on any atom is 0.251 e. The van der Waals surface area contributed by atoms with Gasteiger partial charge in [-0.15, -0.1) is 11.6 Å². The average molecular weight is 355 g/mol. The van der Waals surface area contributed by atoms with E-state index in [0.29, 0.717) is 18.0 Å². The zero-order valence-corrected chi connectivity index (χ0v) is 13.5. The second-order valence-electron chi connectivity index (χ2n) is 4.71. The van der Waals surface area contributed by atoms with Crippen LogP contribution in [0.4, 0.5) is 0 Å². The Hall–Kier alpha value is -1.06. The second-order valence-corrected chi connectivity index (χ2v) is 6.01. The molecule has 2 aromatic carbocycles. The van der Waals surface area contributed by atoms with E-state index in [0.717, 1.165) is 34.5 Å². The van der Waals surface area contributed by atoms with Gasteiger partial charge in [0.25, 0.3) is 5.91 Å². The van der Waals surface area contributed by atoms with Gasteiger partial charge >= 0.3 is 0 Å². The van der Waals surface area contributed by atoms with Crippen LogP contribution in [-0.2, 0) is 0 Å². The Morgan fingerprint density at radius 2 is 1.80 bits per heavy atom. The molecule has 0 atom stereocenters. The van der Waals surface area contributed by atoms with Crippen LogP contribution >= 0.6 is 27.5 Å². The van der Waals surface area contributed by atoms with Crippen molar-refractivity contribution in [1.29, 1.82) is 0 Å². The van der Waals surface area contributed by atoms with Gasteiger partial charge in [-0.1, -0.05) is 34.5 Å². The standard InChI is InChI=1S/C16H17BrClNO/c17-15-7-6-12-10-14(5-4-13(12)11-15)16(20)19-9-3-1-2-8-18/h4-7,10-11H,1-3,8-9H2,(H,19,20). The minimum atomic E-state index is -0.0132. The van der Waals surface area contributed by atoms with Crippen LogP contribution in [-0.4, -0.2) is 18.3 Å². The number of alkyl halides is 1. The monoisotopic (exact) mass is 353 g/mol. The summed E-state index contributed by atoms with van der Waals surface area (Å²) < 4.78 is 1.04. The SMILES string of the molecule is O=C(NCCCCCCl)c1ccc2cc(Br)ccc2c1. The number of carbonyl (C=O) groups is 1. The number of hydrogen-bond donors (Lipinski definition) is 1. The third kappa shape index (κ3) is 4.22. The maximum absolute atomic E-state index is 12.0. The Kier molecular flexibility index (Phi) is 5.86. The van der Waals surface area contributed by atoms with E-state index in [-0.39, 0.29) is 5.91 Å². The topological polar surface area (TPSA) is 29.1 Å². The molecule has 0 heterocycles. The molecule has 0 radical (unpaired) electrons. The molecule has 0 aromatic heterocycles. The molecule has 2 aromatic rings. The summed E-state index contributed by atoms with van der Waals surface area (Å²) in [6.07, 6.45) is 3.02. The summed E-state index contributed by atoms with van der Waals surface area (Å²) in [4.78, 5) is 12.0. The fourth-order valence-corrected chi connectivity index (χ4v) is 2.63. The number of unbranched alkanes of at least 4 members (excludes halogenated alkanes) is 2. The van der Waals surface area contributed by atoms with Gasteiger partial charge in [-0.2, -0.15) is 0 Å². The highest BCUT2D eigenvalue weighted by molar-refractivity contribution is 9.10. The van der Waals surface area contributed by atoms with E-state index in [1.54, 1.807) is 0 Å². The van der Waals surface area contributed by atoms with Gasteiger partial charge in [0.05, 0.1) is 0 Å². The van der Waals surface area contributed by atoms with E-state index in [2.05, 4.69) is 21.2 Å². The number of amides is 1. The Balaban J connectivity index is 1.98. The van der Waals surface area contributed by atoms with Crippen molar-refractivity contribution in [3.05, 3.63) is 46.4 Å². The molecule has 4 heteroatoms. The fourth-order valence-electron chi connectivity index (χ4n) is 2.06. The van der Waals surface area contributed by atoms with E-state index in [9.17, 15) is 4.79 Å². The van der Waals surface area contributed by atoms with Gasteiger partial charge < -0.3 is 5.32 Å². The molecular formula is C16H17BrClNO. The lowest BCUT2D eigenvalue weighted by Gasteiger charge is -2.06. The molecule has 0 bridgehead atoms. The Bertz CT molecular complexity index is 600. The largest absolute Gasteiger partial charge is 0.352 e. The van der Waals surface area contributed by atoms with Gasteiger partial charge in [-0.25, -0.2) is 0 Å². The Morgan fingerprint density at radius 1 is 1.05 bits per heavy atom. The average Bonchev–Trinajstić information content (AvgIpc) is 2.46. The van der Waals surface area contributed by atoms with Crippen molar-refractivity contribution in [3.8, 4) is 0 Å². The first-order chi connectivity index (χ1) is 9.70. The van der Waals surface area contributed by atoms with Crippen LogP contribution in [0.3, 0.4) is 0 Å². The molecule has 0 unspecified atom stereocenters. The summed E-state index contributed by atoms with van der Waals surface area (Å²) in [6, 6.07) is 11.8. The fraction of sp³-hybridized carbons (Fsp3) is 0.312. The number of halogens is 2. The van der Waals surface area contributed by atoms with Crippen LogP contribution < -0.4 is 5.32 Å². The lowest BCUT2D eigenvalue weighted by molar-refractivity contribution is 0.0953. The van der Waals surface area contributed by atoms with Crippen LogP contribution in [0.25, 0.3) is 10.8 Å². The molecule has 0 aliphatic heterocycles. The Morgan fingerprint density at radius 3 is 2.60 bits per heavy atom. The number of rotatable bonds is 6. The summed E-state index contributed by atoms with van der Waals surface area (Å²) >= 11 is 9.06. The zero-order valence-electron chi connectivity index (χ0n) is 11.2. The molecule has 0 saturated heterocycles. The molecule has 2 nitrogen and oxygen atoms in total. The molecule has 20 heavy (non-hydrogen) atoms. The van der Waals surface area contributed by atoms with Crippen molar-refractivity contribution in [2.24, 2.45) is 0 Å². The highest BCUT2D eigenvalue weighted by Crippen LogP contribution is 2.20. The van der Waals surface area contributed by atoms with Crippen molar-refractivity contribution in [1.82, 2.24) is 5.32 Å². The van der Waals surface area contributed by atoms with Crippen LogP contribution in [0.2, 0.25) is 0 Å². The van der Waals surface area contributed by atoms with Crippen LogP contribution in [0.5, 0.6) is 0 Å². The summed E-state index contributed by atoms with van der Waals surface area (Å²) in [5.74, 6) is 0.675. The van der Waals surface area contributed by atoms with Crippen molar-refractivity contribution in [2.75, 3.05) is 12.4 Å². The van der Waals surface area contributed by atoms with Crippen molar-refractivity contribution in [3.63, 3.8) is 0 Å². The van der Waals surface area contributed by atoms with E-state index >= 15 is 0 Å². The van der Waals surface area contributed by atoms with E-state index in [1.165, 1.54) is 0 Å². The van der Waals surface area contributed by atoms with Crippen molar-refractivity contribution < 1.29 is 4.79 Å². The van der Waals surface area contributed by atoms with Gasteiger partial charge in [0.1, 0.15) is 0 Å². The predicted molar refractivity (Wildman–Crippen MR) is 88.6 cm³/mol. The van der Waals surface area contributed by atoms with Crippen LogP contribution in [0, 0.1) is 0 Å². The predicted octanol–water partition coefficient (Wildman–Crippen LogP) is 4.74. The number of nitrogens with one attached hydrogen (secondary N) is 1. The molecule has 1 N–H and O–H groups in total. The van der Waals surface area contributed by atoms with Crippen LogP contribution in [0.15, 0.2) is 40.9 Å². The minimum Gasteiger partial charge on any atom is -0.352 e. The molecular weight excluding hydrogens is 338 g/mol. The third-order valence-electron chi connectivity index (χ3n) is 3.16. The zero-order chi connectivity index (χ0) is 14.4. The summed E-state index contributed by atoms with van der Waals surface area (Å²) in [7, 11) is 0. The van der Waals surface area contributed by atoms with E-state index in [1.807, 2.05) is 36.4 Å². The quantitative estimate of drug-likeness (QED) is 0.589.